The highest BCUT2D eigenvalue weighted by Gasteiger charge is 2.61. The van der Waals surface area contributed by atoms with Gasteiger partial charge >= 0.3 is 0 Å². The van der Waals surface area contributed by atoms with E-state index < -0.39 is 0 Å². The smallest absolute Gasteiger partial charge is 0.0167 e. The van der Waals surface area contributed by atoms with Crippen LogP contribution in [0, 0.1) is 16.7 Å². The van der Waals surface area contributed by atoms with E-state index in [0.717, 1.165) is 0 Å². The van der Waals surface area contributed by atoms with Crippen LogP contribution < -0.4 is 5.73 Å². The molecule has 3 atom stereocenters. The lowest BCUT2D eigenvalue weighted by Crippen LogP contribution is -2.40. The van der Waals surface area contributed by atoms with E-state index in [2.05, 4.69) is 27.4 Å². The second kappa shape index (κ2) is 1.95. The monoisotopic (exact) mass is 165 g/mol. The van der Waals surface area contributed by atoms with E-state index in [1.54, 1.807) is 0 Å². The van der Waals surface area contributed by atoms with Crippen LogP contribution in [-0.4, -0.2) is 6.04 Å². The van der Waals surface area contributed by atoms with E-state index >= 15 is 0 Å². The Bertz CT molecular complexity index is 241. The molecule has 2 saturated carbocycles. The van der Waals surface area contributed by atoms with Crippen LogP contribution in [0.15, 0.2) is 12.2 Å². The van der Waals surface area contributed by atoms with Gasteiger partial charge in [-0.2, -0.15) is 0 Å². The lowest BCUT2D eigenvalue weighted by molar-refractivity contribution is 0.142. The van der Waals surface area contributed by atoms with Gasteiger partial charge in [0.15, 0.2) is 0 Å². The molecule has 0 aromatic rings. The highest BCUT2D eigenvalue weighted by Crippen LogP contribution is 2.65. The van der Waals surface area contributed by atoms with Crippen molar-refractivity contribution in [3.63, 3.8) is 0 Å². The third-order valence-electron chi connectivity index (χ3n) is 4.82. The van der Waals surface area contributed by atoms with E-state index in [0.29, 0.717) is 17.4 Å². The van der Waals surface area contributed by atoms with Gasteiger partial charge < -0.3 is 5.73 Å². The minimum absolute atomic E-state index is 0.259. The Balaban J connectivity index is 2.50. The van der Waals surface area contributed by atoms with E-state index in [-0.39, 0.29) is 5.41 Å². The summed E-state index contributed by atoms with van der Waals surface area (Å²) in [6.07, 6.45) is 2.55. The van der Waals surface area contributed by atoms with Crippen molar-refractivity contribution in [1.82, 2.24) is 0 Å². The molecule has 0 aromatic carbocycles. The number of hydrogen-bond donors (Lipinski definition) is 1. The summed E-state index contributed by atoms with van der Waals surface area (Å²) >= 11 is 0. The second-order valence-corrected chi connectivity index (χ2v) is 5.24. The highest BCUT2D eigenvalue weighted by atomic mass is 14.8. The third kappa shape index (κ3) is 0.610. The van der Waals surface area contributed by atoms with Crippen LogP contribution in [0.2, 0.25) is 0 Å². The number of nitrogens with two attached hydrogens (primary N) is 1. The SMILES string of the molecule is C=C1C2CCC(C)(C2N)C1(C)C. The van der Waals surface area contributed by atoms with Crippen molar-refractivity contribution in [1.29, 1.82) is 0 Å². The zero-order valence-corrected chi connectivity index (χ0v) is 8.35. The topological polar surface area (TPSA) is 26.0 Å². The van der Waals surface area contributed by atoms with Gasteiger partial charge in [-0.05, 0) is 29.6 Å². The van der Waals surface area contributed by atoms with Crippen LogP contribution >= 0.6 is 0 Å². The summed E-state index contributed by atoms with van der Waals surface area (Å²) in [5, 5.41) is 0. The fourth-order valence-electron chi connectivity index (χ4n) is 3.20. The number of fused-ring (bicyclic) bond motifs is 2. The summed E-state index contributed by atoms with van der Waals surface area (Å²) in [5.41, 5.74) is 8.19. The van der Waals surface area contributed by atoms with Crippen molar-refractivity contribution in [3.8, 4) is 0 Å². The minimum atomic E-state index is 0.259. The van der Waals surface area contributed by atoms with Crippen LogP contribution in [0.3, 0.4) is 0 Å². The first-order valence-corrected chi connectivity index (χ1v) is 4.86. The van der Waals surface area contributed by atoms with Gasteiger partial charge in [-0.15, -0.1) is 0 Å². The minimum Gasteiger partial charge on any atom is -0.327 e. The van der Waals surface area contributed by atoms with Gasteiger partial charge in [0.2, 0.25) is 0 Å². The molecular weight excluding hydrogens is 146 g/mol. The molecular formula is C11H19N. The Morgan fingerprint density at radius 1 is 1.42 bits per heavy atom. The zero-order chi connectivity index (χ0) is 9.15. The lowest BCUT2D eigenvalue weighted by Gasteiger charge is -2.41. The van der Waals surface area contributed by atoms with Gasteiger partial charge in [0.05, 0.1) is 0 Å². The molecule has 0 amide bonds. The summed E-state index contributed by atoms with van der Waals surface area (Å²) in [6.45, 7) is 11.1. The maximum atomic E-state index is 6.22. The summed E-state index contributed by atoms with van der Waals surface area (Å²) in [7, 11) is 0. The van der Waals surface area contributed by atoms with Crippen molar-refractivity contribution < 1.29 is 0 Å². The molecule has 2 bridgehead atoms. The highest BCUT2D eigenvalue weighted by molar-refractivity contribution is 5.31. The molecule has 2 rings (SSSR count). The van der Waals surface area contributed by atoms with E-state index in [1.807, 2.05) is 0 Å². The molecule has 0 spiro atoms. The molecule has 0 saturated heterocycles. The van der Waals surface area contributed by atoms with Crippen molar-refractivity contribution >= 4 is 0 Å². The molecule has 2 N–H and O–H groups in total. The third-order valence-corrected chi connectivity index (χ3v) is 4.82. The molecule has 0 heterocycles. The Morgan fingerprint density at radius 3 is 2.25 bits per heavy atom. The fourth-order valence-corrected chi connectivity index (χ4v) is 3.20. The molecule has 0 aliphatic heterocycles. The van der Waals surface area contributed by atoms with Gasteiger partial charge in [-0.1, -0.05) is 32.9 Å². The van der Waals surface area contributed by atoms with Crippen molar-refractivity contribution in [2.24, 2.45) is 22.5 Å². The maximum Gasteiger partial charge on any atom is 0.0167 e. The quantitative estimate of drug-likeness (QED) is 0.548. The first-order valence-electron chi connectivity index (χ1n) is 4.86. The van der Waals surface area contributed by atoms with Crippen LogP contribution in [0.25, 0.3) is 0 Å². The Labute approximate surface area is 75.0 Å². The predicted molar refractivity (Wildman–Crippen MR) is 51.7 cm³/mol. The summed E-state index contributed by atoms with van der Waals surface area (Å²) in [4.78, 5) is 0. The molecule has 3 unspecified atom stereocenters. The summed E-state index contributed by atoms with van der Waals surface area (Å²) in [5.74, 6) is 0.602. The molecule has 2 aliphatic rings. The average Bonchev–Trinajstić information content (AvgIpc) is 2.33. The van der Waals surface area contributed by atoms with E-state index in [9.17, 15) is 0 Å². The molecule has 2 fully saturated rings. The first kappa shape index (κ1) is 8.31. The van der Waals surface area contributed by atoms with Crippen LogP contribution in [-0.2, 0) is 0 Å². The van der Waals surface area contributed by atoms with Crippen molar-refractivity contribution in [2.75, 3.05) is 0 Å². The molecule has 1 heteroatoms. The molecule has 2 aliphatic carbocycles. The first-order chi connectivity index (χ1) is 5.41. The molecule has 0 aromatic heterocycles. The largest absolute Gasteiger partial charge is 0.327 e. The predicted octanol–water partition coefficient (Wildman–Crippen LogP) is 2.33. The molecule has 0 radical (unpaired) electrons. The standard InChI is InChI=1S/C11H19N/c1-7-8-5-6-11(4,9(8)12)10(7,2)3/h8-9H,1,5-6,12H2,2-4H3. The Morgan fingerprint density at radius 2 is 2.00 bits per heavy atom. The second-order valence-electron chi connectivity index (χ2n) is 5.24. The number of hydrogen-bond acceptors (Lipinski definition) is 1. The van der Waals surface area contributed by atoms with Crippen molar-refractivity contribution in [2.45, 2.75) is 39.7 Å². The van der Waals surface area contributed by atoms with Gasteiger partial charge in [-0.25, -0.2) is 0 Å². The molecule has 68 valence electrons. The van der Waals surface area contributed by atoms with Crippen LogP contribution in [0.5, 0.6) is 0 Å². The van der Waals surface area contributed by atoms with E-state index in [1.165, 1.54) is 18.4 Å². The van der Waals surface area contributed by atoms with Crippen molar-refractivity contribution in [3.05, 3.63) is 12.2 Å². The fraction of sp³-hybridized carbons (Fsp3) is 0.818. The van der Waals surface area contributed by atoms with Gasteiger partial charge in [0, 0.05) is 6.04 Å². The average molecular weight is 165 g/mol. The van der Waals surface area contributed by atoms with E-state index in [4.69, 9.17) is 5.73 Å². The Kier molecular flexibility index (Phi) is 1.35. The molecule has 12 heavy (non-hydrogen) atoms. The maximum absolute atomic E-state index is 6.22. The number of rotatable bonds is 0. The zero-order valence-electron chi connectivity index (χ0n) is 8.35. The summed E-state index contributed by atoms with van der Waals surface area (Å²) < 4.78 is 0. The normalized spacial score (nSPS) is 50.2. The lowest BCUT2D eigenvalue weighted by atomic mass is 9.64. The molecule has 1 nitrogen and oxygen atoms in total. The van der Waals surface area contributed by atoms with Crippen LogP contribution in [0.1, 0.15) is 33.6 Å². The summed E-state index contributed by atoms with van der Waals surface area (Å²) in [6, 6.07) is 0.361. The van der Waals surface area contributed by atoms with Crippen LogP contribution in [0.4, 0.5) is 0 Å². The van der Waals surface area contributed by atoms with Gasteiger partial charge in [0.1, 0.15) is 0 Å². The van der Waals surface area contributed by atoms with Gasteiger partial charge in [-0.3, -0.25) is 0 Å². The Hall–Kier alpha value is -0.300. The van der Waals surface area contributed by atoms with Gasteiger partial charge in [0.25, 0.3) is 0 Å².